The van der Waals surface area contributed by atoms with Crippen LogP contribution in [-0.2, 0) is 0 Å². The van der Waals surface area contributed by atoms with Crippen LogP contribution in [0.25, 0.3) is 0 Å². The summed E-state index contributed by atoms with van der Waals surface area (Å²) < 4.78 is 35.6. The van der Waals surface area contributed by atoms with Crippen molar-refractivity contribution >= 4 is 11.8 Å². The van der Waals surface area contributed by atoms with Crippen LogP contribution in [0.2, 0.25) is 0 Å². The van der Waals surface area contributed by atoms with Gasteiger partial charge < -0.3 is 5.32 Å². The van der Waals surface area contributed by atoms with Gasteiger partial charge in [-0.1, -0.05) is 33.1 Å². The van der Waals surface area contributed by atoms with Gasteiger partial charge in [0, 0.05) is 18.3 Å². The van der Waals surface area contributed by atoms with Gasteiger partial charge in [-0.2, -0.15) is 13.2 Å². The molecule has 0 bridgehead atoms. The molecule has 0 saturated carbocycles. The van der Waals surface area contributed by atoms with Crippen LogP contribution in [-0.4, -0.2) is 23.8 Å². The quantitative estimate of drug-likeness (QED) is 0.622. The molecule has 0 amide bonds. The van der Waals surface area contributed by atoms with E-state index in [2.05, 4.69) is 19.2 Å². The summed E-state index contributed by atoms with van der Waals surface area (Å²) in [6.45, 7) is 4.67. The summed E-state index contributed by atoms with van der Waals surface area (Å²) in [7, 11) is 0. The molecule has 1 atom stereocenters. The summed E-state index contributed by atoms with van der Waals surface area (Å²) in [5.74, 6) is 0.107. The van der Waals surface area contributed by atoms with E-state index in [-0.39, 0.29) is 17.5 Å². The van der Waals surface area contributed by atoms with Gasteiger partial charge in [-0.15, -0.1) is 0 Å². The van der Waals surface area contributed by atoms with E-state index >= 15 is 0 Å². The molecular weight excluding hydrogens is 235 g/mol. The van der Waals surface area contributed by atoms with Gasteiger partial charge in [0.2, 0.25) is 0 Å². The SMILES string of the molecule is CCCCC(CCC)NCCSC(F)(F)F. The monoisotopic (exact) mass is 257 g/mol. The maximum absolute atomic E-state index is 11.9. The predicted molar refractivity (Wildman–Crippen MR) is 64.7 cm³/mol. The lowest BCUT2D eigenvalue weighted by Crippen LogP contribution is -2.31. The Morgan fingerprint density at radius 1 is 1.12 bits per heavy atom. The minimum absolute atomic E-state index is 0.0550. The number of halogens is 3. The molecule has 1 unspecified atom stereocenters. The molecule has 0 saturated heterocycles. The molecule has 0 aromatic heterocycles. The average Bonchev–Trinajstić information content (AvgIpc) is 2.19. The number of unbranched alkanes of at least 4 members (excludes halogenated alkanes) is 1. The van der Waals surface area contributed by atoms with Gasteiger partial charge in [0.25, 0.3) is 0 Å². The second-order valence-electron chi connectivity index (χ2n) is 3.88. The minimum atomic E-state index is -4.09. The second-order valence-corrected chi connectivity index (χ2v) is 5.04. The first kappa shape index (κ1) is 16.1. The molecule has 0 rings (SSSR count). The lowest BCUT2D eigenvalue weighted by Gasteiger charge is -2.17. The molecule has 0 aliphatic heterocycles. The van der Waals surface area contributed by atoms with Crippen LogP contribution in [0.15, 0.2) is 0 Å². The van der Waals surface area contributed by atoms with Gasteiger partial charge in [0.1, 0.15) is 0 Å². The lowest BCUT2D eigenvalue weighted by molar-refractivity contribution is -0.0327. The van der Waals surface area contributed by atoms with Crippen molar-refractivity contribution in [1.82, 2.24) is 5.32 Å². The van der Waals surface area contributed by atoms with Crippen molar-refractivity contribution in [2.75, 3.05) is 12.3 Å². The number of thioether (sulfide) groups is 1. The van der Waals surface area contributed by atoms with Crippen molar-refractivity contribution in [1.29, 1.82) is 0 Å². The molecule has 5 heteroatoms. The van der Waals surface area contributed by atoms with Crippen molar-refractivity contribution in [3.05, 3.63) is 0 Å². The highest BCUT2D eigenvalue weighted by Gasteiger charge is 2.27. The summed E-state index contributed by atoms with van der Waals surface area (Å²) in [4.78, 5) is 0. The molecule has 0 radical (unpaired) electrons. The van der Waals surface area contributed by atoms with Crippen LogP contribution in [0.1, 0.15) is 46.0 Å². The van der Waals surface area contributed by atoms with Gasteiger partial charge in [-0.05, 0) is 24.6 Å². The summed E-state index contributed by atoms with van der Waals surface area (Å²) in [5.41, 5.74) is -4.09. The molecular formula is C11H22F3NS. The van der Waals surface area contributed by atoms with Gasteiger partial charge >= 0.3 is 5.51 Å². The normalized spacial score (nSPS) is 14.1. The minimum Gasteiger partial charge on any atom is -0.313 e. The van der Waals surface area contributed by atoms with Crippen LogP contribution >= 0.6 is 11.8 Å². The van der Waals surface area contributed by atoms with E-state index < -0.39 is 5.51 Å². The third kappa shape index (κ3) is 10.6. The number of nitrogens with one attached hydrogen (secondary N) is 1. The second kappa shape index (κ2) is 9.16. The number of hydrogen-bond donors (Lipinski definition) is 1. The Morgan fingerprint density at radius 3 is 2.31 bits per heavy atom. The Hall–Kier alpha value is 0.100. The van der Waals surface area contributed by atoms with Crippen molar-refractivity contribution in [2.45, 2.75) is 57.5 Å². The first-order valence-electron chi connectivity index (χ1n) is 5.93. The van der Waals surface area contributed by atoms with E-state index in [4.69, 9.17) is 0 Å². The fourth-order valence-corrected chi connectivity index (χ4v) is 2.03. The third-order valence-corrected chi connectivity index (χ3v) is 3.08. The zero-order valence-electron chi connectivity index (χ0n) is 10.1. The fraction of sp³-hybridized carbons (Fsp3) is 1.00. The molecule has 0 aromatic rings. The molecule has 0 aliphatic carbocycles. The van der Waals surface area contributed by atoms with E-state index in [0.717, 1.165) is 32.1 Å². The predicted octanol–water partition coefficient (Wildman–Crippen LogP) is 4.19. The topological polar surface area (TPSA) is 12.0 Å². The maximum Gasteiger partial charge on any atom is 0.441 e. The summed E-state index contributed by atoms with van der Waals surface area (Å²) in [6, 6.07) is 0.388. The van der Waals surface area contributed by atoms with E-state index in [1.54, 1.807) is 0 Å². The van der Waals surface area contributed by atoms with Gasteiger partial charge in [0.05, 0.1) is 0 Å². The smallest absolute Gasteiger partial charge is 0.313 e. The van der Waals surface area contributed by atoms with Crippen molar-refractivity contribution in [3.63, 3.8) is 0 Å². The average molecular weight is 257 g/mol. The zero-order valence-corrected chi connectivity index (χ0v) is 10.9. The fourth-order valence-electron chi connectivity index (χ4n) is 1.58. The molecule has 0 fully saturated rings. The van der Waals surface area contributed by atoms with E-state index in [0.29, 0.717) is 12.6 Å². The Bertz CT molecular complexity index is 162. The molecule has 0 heterocycles. The molecule has 0 aromatic carbocycles. The third-order valence-electron chi connectivity index (χ3n) is 2.34. The van der Waals surface area contributed by atoms with Gasteiger partial charge in [-0.25, -0.2) is 0 Å². The standard InChI is InChI=1S/C11H22F3NS/c1-3-5-7-10(6-4-2)15-8-9-16-11(12,13)14/h10,15H,3-9H2,1-2H3. The first-order chi connectivity index (χ1) is 7.49. The summed E-state index contributed by atoms with van der Waals surface area (Å²) in [6.07, 6.45) is 5.48. The lowest BCUT2D eigenvalue weighted by atomic mass is 10.1. The van der Waals surface area contributed by atoms with Crippen LogP contribution < -0.4 is 5.32 Å². The molecule has 98 valence electrons. The Balaban J connectivity index is 3.59. The van der Waals surface area contributed by atoms with Gasteiger partial charge in [-0.3, -0.25) is 0 Å². The maximum atomic E-state index is 11.9. The highest BCUT2D eigenvalue weighted by atomic mass is 32.2. The van der Waals surface area contributed by atoms with E-state index in [1.807, 2.05) is 0 Å². The molecule has 0 spiro atoms. The highest BCUT2D eigenvalue weighted by molar-refractivity contribution is 8.00. The van der Waals surface area contributed by atoms with Crippen LogP contribution in [0.5, 0.6) is 0 Å². The van der Waals surface area contributed by atoms with Crippen LogP contribution in [0.4, 0.5) is 13.2 Å². The molecule has 1 N–H and O–H groups in total. The summed E-state index contributed by atoms with van der Waals surface area (Å²) in [5, 5.41) is 3.21. The van der Waals surface area contributed by atoms with E-state index in [1.165, 1.54) is 0 Å². The first-order valence-corrected chi connectivity index (χ1v) is 6.92. The van der Waals surface area contributed by atoms with Gasteiger partial charge in [0.15, 0.2) is 0 Å². The van der Waals surface area contributed by atoms with Crippen molar-refractivity contribution < 1.29 is 13.2 Å². The number of alkyl halides is 3. The van der Waals surface area contributed by atoms with Crippen molar-refractivity contribution in [2.24, 2.45) is 0 Å². The van der Waals surface area contributed by atoms with E-state index in [9.17, 15) is 13.2 Å². The molecule has 1 nitrogen and oxygen atoms in total. The molecule has 0 aliphatic rings. The largest absolute Gasteiger partial charge is 0.441 e. The highest BCUT2D eigenvalue weighted by Crippen LogP contribution is 2.29. The van der Waals surface area contributed by atoms with Crippen molar-refractivity contribution in [3.8, 4) is 0 Å². The Morgan fingerprint density at radius 2 is 1.81 bits per heavy atom. The van der Waals surface area contributed by atoms with Crippen LogP contribution in [0, 0.1) is 0 Å². The number of hydrogen-bond acceptors (Lipinski definition) is 2. The Labute approximate surface area is 101 Å². The number of rotatable bonds is 9. The Kier molecular flexibility index (Phi) is 9.22. The zero-order chi connectivity index (χ0) is 12.4. The summed E-state index contributed by atoms with van der Waals surface area (Å²) >= 11 is 0.0550. The molecule has 16 heavy (non-hydrogen) atoms. The van der Waals surface area contributed by atoms with Crippen LogP contribution in [0.3, 0.4) is 0 Å².